The lowest BCUT2D eigenvalue weighted by molar-refractivity contribution is -0.0136. The van der Waals surface area contributed by atoms with Crippen molar-refractivity contribution in [2.45, 2.75) is 52.6 Å². The number of rotatable bonds is 8. The van der Waals surface area contributed by atoms with Gasteiger partial charge in [0.05, 0.1) is 12.1 Å². The van der Waals surface area contributed by atoms with E-state index in [0.29, 0.717) is 25.1 Å². The van der Waals surface area contributed by atoms with Gasteiger partial charge in [-0.15, -0.1) is 0 Å². The van der Waals surface area contributed by atoms with Crippen molar-refractivity contribution in [1.82, 2.24) is 4.90 Å². The van der Waals surface area contributed by atoms with Crippen molar-refractivity contribution in [3.8, 4) is 0 Å². The van der Waals surface area contributed by atoms with E-state index >= 15 is 0 Å². The third kappa shape index (κ3) is 4.04. The lowest BCUT2D eigenvalue weighted by Crippen LogP contribution is -2.59. The molecule has 0 aromatic heterocycles. The molecule has 0 aromatic rings. The van der Waals surface area contributed by atoms with Gasteiger partial charge < -0.3 is 10.5 Å². The molecule has 0 heterocycles. The average molecular weight is 230 g/mol. The minimum absolute atomic E-state index is 0.00676. The molecule has 0 saturated heterocycles. The van der Waals surface area contributed by atoms with Crippen LogP contribution in [0.15, 0.2) is 0 Å². The van der Waals surface area contributed by atoms with Crippen LogP contribution in [0.25, 0.3) is 0 Å². The van der Waals surface area contributed by atoms with Gasteiger partial charge in [-0.1, -0.05) is 20.8 Å². The molecule has 0 spiro atoms. The smallest absolute Gasteiger partial charge is 0.0659 e. The van der Waals surface area contributed by atoms with Crippen LogP contribution in [-0.4, -0.2) is 43.3 Å². The monoisotopic (exact) mass is 230 g/mol. The third-order valence-electron chi connectivity index (χ3n) is 3.25. The first-order valence-electron chi connectivity index (χ1n) is 6.39. The fourth-order valence-corrected chi connectivity index (χ4v) is 2.32. The lowest BCUT2D eigenvalue weighted by Gasteiger charge is -2.46. The molecule has 98 valence electrons. The molecule has 0 aromatic carbocycles. The van der Waals surface area contributed by atoms with E-state index in [1.54, 1.807) is 7.11 Å². The summed E-state index contributed by atoms with van der Waals surface area (Å²) in [4.78, 5) is 2.50. The van der Waals surface area contributed by atoms with Crippen molar-refractivity contribution >= 4 is 0 Å². The molecule has 0 aliphatic heterocycles. The predicted molar refractivity (Wildman–Crippen MR) is 70.6 cm³/mol. The number of hydrogen-bond acceptors (Lipinski definition) is 3. The molecule has 0 fully saturated rings. The molecule has 1 unspecified atom stereocenters. The normalized spacial score (nSPS) is 16.1. The molecule has 16 heavy (non-hydrogen) atoms. The Morgan fingerprint density at radius 1 is 1.25 bits per heavy atom. The van der Waals surface area contributed by atoms with Gasteiger partial charge in [-0.25, -0.2) is 0 Å². The minimum Gasteiger partial charge on any atom is -0.383 e. The summed E-state index contributed by atoms with van der Waals surface area (Å²) < 4.78 is 5.38. The number of nitrogens with two attached hydrogens (primary N) is 1. The van der Waals surface area contributed by atoms with Crippen LogP contribution in [0.5, 0.6) is 0 Å². The molecule has 0 bridgehead atoms. The maximum absolute atomic E-state index is 6.00. The number of hydrogen-bond donors (Lipinski definition) is 1. The standard InChI is InChI=1S/C13H30N2O/c1-7-13(9-14,10-16-6)15(12(4)5)8-11(2)3/h11-12H,7-10,14H2,1-6H3. The fraction of sp³-hybridized carbons (Fsp3) is 1.00. The van der Waals surface area contributed by atoms with Crippen molar-refractivity contribution in [3.63, 3.8) is 0 Å². The van der Waals surface area contributed by atoms with Gasteiger partial charge in [0.25, 0.3) is 0 Å². The first-order chi connectivity index (χ1) is 7.43. The highest BCUT2D eigenvalue weighted by Crippen LogP contribution is 2.23. The molecule has 0 aliphatic carbocycles. The van der Waals surface area contributed by atoms with E-state index in [4.69, 9.17) is 10.5 Å². The fourth-order valence-electron chi connectivity index (χ4n) is 2.32. The maximum Gasteiger partial charge on any atom is 0.0659 e. The lowest BCUT2D eigenvalue weighted by atomic mass is 9.92. The van der Waals surface area contributed by atoms with Crippen molar-refractivity contribution in [2.75, 3.05) is 26.8 Å². The number of ether oxygens (including phenoxy) is 1. The summed E-state index contributed by atoms with van der Waals surface area (Å²) in [5.74, 6) is 0.650. The summed E-state index contributed by atoms with van der Waals surface area (Å²) in [6.07, 6.45) is 1.03. The zero-order valence-corrected chi connectivity index (χ0v) is 11.9. The van der Waals surface area contributed by atoms with E-state index in [1.807, 2.05) is 0 Å². The topological polar surface area (TPSA) is 38.5 Å². The van der Waals surface area contributed by atoms with Crippen LogP contribution >= 0.6 is 0 Å². The third-order valence-corrected chi connectivity index (χ3v) is 3.25. The van der Waals surface area contributed by atoms with Gasteiger partial charge >= 0.3 is 0 Å². The summed E-state index contributed by atoms with van der Waals surface area (Å²) in [6.45, 7) is 13.6. The second-order valence-electron chi connectivity index (χ2n) is 5.35. The van der Waals surface area contributed by atoms with Crippen molar-refractivity contribution in [1.29, 1.82) is 0 Å². The van der Waals surface area contributed by atoms with Crippen molar-refractivity contribution in [2.24, 2.45) is 11.7 Å². The maximum atomic E-state index is 6.00. The second kappa shape index (κ2) is 7.25. The molecule has 0 aliphatic rings. The van der Waals surface area contributed by atoms with Crippen molar-refractivity contribution < 1.29 is 4.74 Å². The number of methoxy groups -OCH3 is 1. The van der Waals surface area contributed by atoms with E-state index < -0.39 is 0 Å². The van der Waals surface area contributed by atoms with E-state index in [0.717, 1.165) is 13.0 Å². The Hall–Kier alpha value is -0.120. The average Bonchev–Trinajstić information content (AvgIpc) is 2.22. The molecule has 2 N–H and O–H groups in total. The van der Waals surface area contributed by atoms with Crippen LogP contribution in [0.2, 0.25) is 0 Å². The van der Waals surface area contributed by atoms with Crippen molar-refractivity contribution in [3.05, 3.63) is 0 Å². The van der Waals surface area contributed by atoms with Crippen LogP contribution < -0.4 is 5.73 Å². The van der Waals surface area contributed by atoms with Crippen LogP contribution in [0, 0.1) is 5.92 Å². The molecule has 3 nitrogen and oxygen atoms in total. The first-order valence-corrected chi connectivity index (χ1v) is 6.39. The second-order valence-corrected chi connectivity index (χ2v) is 5.35. The zero-order valence-electron chi connectivity index (χ0n) is 11.9. The van der Waals surface area contributed by atoms with Gasteiger partial charge in [0.2, 0.25) is 0 Å². The number of nitrogens with zero attached hydrogens (tertiary/aromatic N) is 1. The van der Waals surface area contributed by atoms with Gasteiger partial charge in [0.15, 0.2) is 0 Å². The zero-order chi connectivity index (χ0) is 12.8. The van der Waals surface area contributed by atoms with Crippen LogP contribution in [0.4, 0.5) is 0 Å². The Morgan fingerprint density at radius 3 is 2.06 bits per heavy atom. The SMILES string of the molecule is CCC(CN)(COC)N(CC(C)C)C(C)C. The first kappa shape index (κ1) is 15.9. The molecule has 3 heteroatoms. The Balaban J connectivity index is 4.91. The summed E-state index contributed by atoms with van der Waals surface area (Å²) in [5, 5.41) is 0. The Kier molecular flexibility index (Phi) is 7.20. The summed E-state index contributed by atoms with van der Waals surface area (Å²) in [7, 11) is 1.76. The molecular weight excluding hydrogens is 200 g/mol. The van der Waals surface area contributed by atoms with E-state index in [9.17, 15) is 0 Å². The van der Waals surface area contributed by atoms with Gasteiger partial charge in [0, 0.05) is 26.2 Å². The molecule has 0 saturated carbocycles. The Bertz CT molecular complexity index is 177. The van der Waals surface area contributed by atoms with E-state index in [2.05, 4.69) is 39.5 Å². The highest BCUT2D eigenvalue weighted by Gasteiger charge is 2.35. The summed E-state index contributed by atoms with van der Waals surface area (Å²) in [6, 6.07) is 0.501. The van der Waals surface area contributed by atoms with Gasteiger partial charge in [0.1, 0.15) is 0 Å². The quantitative estimate of drug-likeness (QED) is 0.694. The van der Waals surface area contributed by atoms with Gasteiger partial charge in [-0.3, -0.25) is 4.90 Å². The van der Waals surface area contributed by atoms with Crippen LogP contribution in [0.3, 0.4) is 0 Å². The van der Waals surface area contributed by atoms with Gasteiger partial charge in [-0.05, 0) is 26.2 Å². The van der Waals surface area contributed by atoms with Crippen LogP contribution in [0.1, 0.15) is 41.0 Å². The van der Waals surface area contributed by atoms with E-state index in [-0.39, 0.29) is 5.54 Å². The van der Waals surface area contributed by atoms with Crippen LogP contribution in [-0.2, 0) is 4.74 Å². The largest absolute Gasteiger partial charge is 0.383 e. The molecule has 0 radical (unpaired) electrons. The molecular formula is C13H30N2O. The van der Waals surface area contributed by atoms with E-state index in [1.165, 1.54) is 0 Å². The Labute approximate surface area is 101 Å². The highest BCUT2D eigenvalue weighted by molar-refractivity contribution is 4.92. The Morgan fingerprint density at radius 2 is 1.81 bits per heavy atom. The molecule has 0 amide bonds. The van der Waals surface area contributed by atoms with Gasteiger partial charge in [-0.2, -0.15) is 0 Å². The molecule has 0 rings (SSSR count). The predicted octanol–water partition coefficient (Wildman–Crippen LogP) is 2.11. The molecule has 1 atom stereocenters. The summed E-state index contributed by atoms with van der Waals surface area (Å²) >= 11 is 0. The minimum atomic E-state index is -0.00676. The summed E-state index contributed by atoms with van der Waals surface area (Å²) in [5.41, 5.74) is 5.99. The highest BCUT2D eigenvalue weighted by atomic mass is 16.5.